The second-order valence-corrected chi connectivity index (χ2v) is 12.5. The zero-order valence-electron chi connectivity index (χ0n) is 28.1. The Balaban J connectivity index is 1.13. The van der Waals surface area contributed by atoms with Crippen molar-refractivity contribution in [3.8, 4) is 79.2 Å². The first-order valence-corrected chi connectivity index (χ1v) is 17.3. The molecule has 7 aromatic carbocycles. The number of fused-ring (bicyclic) bond motifs is 1. The largest absolute Gasteiger partial charge is 0.228 e. The number of benzene rings is 7. The lowest BCUT2D eigenvalue weighted by Gasteiger charge is -2.13. The highest BCUT2D eigenvalue weighted by Gasteiger charge is 2.17. The fourth-order valence-electron chi connectivity index (χ4n) is 6.56. The van der Waals surface area contributed by atoms with Crippen LogP contribution >= 0.6 is 0 Å². The quantitative estimate of drug-likeness (QED) is 0.169. The van der Waals surface area contributed by atoms with E-state index in [2.05, 4.69) is 91.0 Å². The van der Waals surface area contributed by atoms with Crippen molar-refractivity contribution in [3.05, 3.63) is 188 Å². The van der Waals surface area contributed by atoms with Crippen molar-refractivity contribution in [2.45, 2.75) is 0 Å². The van der Waals surface area contributed by atoms with Gasteiger partial charge in [0.1, 0.15) is 0 Å². The van der Waals surface area contributed by atoms with Crippen molar-refractivity contribution in [2.24, 2.45) is 0 Å². The molecule has 0 amide bonds. The smallest absolute Gasteiger partial charge is 0.164 e. The molecule has 2 aromatic heterocycles. The van der Waals surface area contributed by atoms with Crippen molar-refractivity contribution >= 4 is 10.8 Å². The van der Waals surface area contributed by atoms with Crippen molar-refractivity contribution < 1.29 is 0 Å². The van der Waals surface area contributed by atoms with Crippen LogP contribution in [-0.4, -0.2) is 24.9 Å². The molecule has 0 aliphatic heterocycles. The maximum atomic E-state index is 5.02. The zero-order chi connectivity index (χ0) is 34.7. The summed E-state index contributed by atoms with van der Waals surface area (Å²) in [4.78, 5) is 25.0. The summed E-state index contributed by atoms with van der Waals surface area (Å²) < 4.78 is 0. The third-order valence-corrected chi connectivity index (χ3v) is 9.18. The van der Waals surface area contributed by atoms with Crippen molar-refractivity contribution in [2.75, 3.05) is 0 Å². The molecular formula is C47H31N5. The standard InChI is InChI=1S/C47H31N5/c1-5-15-33(16-6-1)42-31-43(34-17-7-2-8-18-34)49-44(48-42)37-27-25-32(26-28-37)38-29-30-41(40-24-14-13-23-39(38)40)47-51-45(35-19-9-3-10-20-35)50-46(52-47)36-21-11-4-12-22-36/h1-31H. The summed E-state index contributed by atoms with van der Waals surface area (Å²) >= 11 is 0. The van der Waals surface area contributed by atoms with E-state index in [4.69, 9.17) is 24.9 Å². The zero-order valence-corrected chi connectivity index (χ0v) is 28.1. The maximum Gasteiger partial charge on any atom is 0.164 e. The Labute approximate surface area is 302 Å². The third kappa shape index (κ3) is 6.12. The molecule has 0 fully saturated rings. The lowest BCUT2D eigenvalue weighted by Crippen LogP contribution is -2.00. The van der Waals surface area contributed by atoms with Crippen LogP contribution in [0.15, 0.2) is 188 Å². The van der Waals surface area contributed by atoms with Gasteiger partial charge in [-0.25, -0.2) is 24.9 Å². The summed E-state index contributed by atoms with van der Waals surface area (Å²) in [6.07, 6.45) is 0. The van der Waals surface area contributed by atoms with Gasteiger partial charge < -0.3 is 0 Å². The van der Waals surface area contributed by atoms with Gasteiger partial charge in [0.2, 0.25) is 0 Å². The molecule has 0 unspecified atom stereocenters. The van der Waals surface area contributed by atoms with Gasteiger partial charge in [0.15, 0.2) is 23.3 Å². The number of nitrogens with zero attached hydrogens (tertiary/aromatic N) is 5. The second kappa shape index (κ2) is 13.7. The fourth-order valence-corrected chi connectivity index (χ4v) is 6.56. The maximum absolute atomic E-state index is 5.02. The van der Waals surface area contributed by atoms with Crippen LogP contribution in [0, 0.1) is 0 Å². The van der Waals surface area contributed by atoms with Crippen LogP contribution in [0.3, 0.4) is 0 Å². The molecule has 2 heterocycles. The first kappa shape index (κ1) is 30.9. The molecule has 9 rings (SSSR count). The molecule has 0 N–H and O–H groups in total. The topological polar surface area (TPSA) is 64.5 Å². The van der Waals surface area contributed by atoms with Crippen LogP contribution in [0.2, 0.25) is 0 Å². The van der Waals surface area contributed by atoms with Gasteiger partial charge in [-0.15, -0.1) is 0 Å². The lowest BCUT2D eigenvalue weighted by molar-refractivity contribution is 1.08. The number of hydrogen-bond donors (Lipinski definition) is 0. The summed E-state index contributed by atoms with van der Waals surface area (Å²) in [5, 5.41) is 2.18. The van der Waals surface area contributed by atoms with E-state index in [1.807, 2.05) is 97.1 Å². The van der Waals surface area contributed by atoms with E-state index < -0.39 is 0 Å². The number of hydrogen-bond acceptors (Lipinski definition) is 5. The second-order valence-electron chi connectivity index (χ2n) is 12.5. The van der Waals surface area contributed by atoms with Gasteiger partial charge in [-0.1, -0.05) is 176 Å². The Bertz CT molecular complexity index is 2530. The van der Waals surface area contributed by atoms with Gasteiger partial charge in [-0.2, -0.15) is 0 Å². The minimum Gasteiger partial charge on any atom is -0.228 e. The predicted molar refractivity (Wildman–Crippen MR) is 211 cm³/mol. The summed E-state index contributed by atoms with van der Waals surface area (Å²) in [5.41, 5.74) is 9.89. The minimum absolute atomic E-state index is 0.635. The summed E-state index contributed by atoms with van der Waals surface area (Å²) in [5.74, 6) is 2.60. The first-order chi connectivity index (χ1) is 25.8. The first-order valence-electron chi connectivity index (χ1n) is 17.3. The average Bonchev–Trinajstić information content (AvgIpc) is 3.24. The van der Waals surface area contributed by atoms with Crippen LogP contribution in [0.25, 0.3) is 90.0 Å². The fraction of sp³-hybridized carbons (Fsp3) is 0. The van der Waals surface area contributed by atoms with Gasteiger partial charge in [0.05, 0.1) is 11.4 Å². The molecule has 0 aliphatic carbocycles. The van der Waals surface area contributed by atoms with E-state index in [9.17, 15) is 0 Å². The van der Waals surface area contributed by atoms with Crippen molar-refractivity contribution in [1.82, 2.24) is 24.9 Å². The van der Waals surface area contributed by atoms with Gasteiger partial charge in [0.25, 0.3) is 0 Å². The van der Waals surface area contributed by atoms with Gasteiger partial charge >= 0.3 is 0 Å². The molecule has 0 bridgehead atoms. The predicted octanol–water partition coefficient (Wildman–Crippen LogP) is 11.5. The molecule has 5 nitrogen and oxygen atoms in total. The van der Waals surface area contributed by atoms with Gasteiger partial charge in [-0.3, -0.25) is 0 Å². The molecular weight excluding hydrogens is 635 g/mol. The minimum atomic E-state index is 0.635. The molecule has 244 valence electrons. The SMILES string of the molecule is c1ccc(-c2cc(-c3ccccc3)nc(-c3ccc(-c4ccc(-c5nc(-c6ccccc6)nc(-c6ccccc6)n5)c5ccccc45)cc3)n2)cc1. The molecule has 0 spiro atoms. The molecule has 0 saturated heterocycles. The van der Waals surface area contributed by atoms with Gasteiger partial charge in [-0.05, 0) is 34.0 Å². The van der Waals surface area contributed by atoms with Crippen molar-refractivity contribution in [3.63, 3.8) is 0 Å². The Kier molecular flexibility index (Phi) is 8.12. The van der Waals surface area contributed by atoms with Crippen LogP contribution in [0.4, 0.5) is 0 Å². The Hall–Kier alpha value is -7.11. The third-order valence-electron chi connectivity index (χ3n) is 9.18. The molecule has 0 atom stereocenters. The number of rotatable bonds is 7. The Morgan fingerprint density at radius 3 is 1.08 bits per heavy atom. The highest BCUT2D eigenvalue weighted by atomic mass is 15.0. The lowest BCUT2D eigenvalue weighted by atomic mass is 9.94. The van der Waals surface area contributed by atoms with Crippen LogP contribution < -0.4 is 0 Å². The summed E-state index contributed by atoms with van der Waals surface area (Å²) in [6.45, 7) is 0. The van der Waals surface area contributed by atoms with E-state index in [1.165, 1.54) is 0 Å². The molecule has 0 radical (unpaired) electrons. The molecule has 5 heteroatoms. The van der Waals surface area contributed by atoms with Crippen molar-refractivity contribution in [1.29, 1.82) is 0 Å². The normalized spacial score (nSPS) is 11.1. The highest BCUT2D eigenvalue weighted by Crippen LogP contribution is 2.37. The van der Waals surface area contributed by atoms with E-state index in [1.54, 1.807) is 0 Å². The van der Waals surface area contributed by atoms with Crippen LogP contribution in [0.1, 0.15) is 0 Å². The summed E-state index contributed by atoms with van der Waals surface area (Å²) in [6, 6.07) is 64.0. The Morgan fingerprint density at radius 1 is 0.231 bits per heavy atom. The molecule has 0 saturated carbocycles. The molecule has 52 heavy (non-hydrogen) atoms. The van der Waals surface area contributed by atoms with E-state index in [-0.39, 0.29) is 0 Å². The molecule has 9 aromatic rings. The average molecular weight is 666 g/mol. The van der Waals surface area contributed by atoms with Crippen LogP contribution in [-0.2, 0) is 0 Å². The van der Waals surface area contributed by atoms with E-state index >= 15 is 0 Å². The Morgan fingerprint density at radius 2 is 0.577 bits per heavy atom. The van der Waals surface area contributed by atoms with Gasteiger partial charge in [0, 0.05) is 33.4 Å². The highest BCUT2D eigenvalue weighted by molar-refractivity contribution is 6.04. The summed E-state index contributed by atoms with van der Waals surface area (Å²) in [7, 11) is 0. The monoisotopic (exact) mass is 665 g/mol. The molecule has 0 aliphatic rings. The van der Waals surface area contributed by atoms with Crippen LogP contribution in [0.5, 0.6) is 0 Å². The number of aromatic nitrogens is 5. The van der Waals surface area contributed by atoms with E-state index in [0.29, 0.717) is 23.3 Å². The van der Waals surface area contributed by atoms with E-state index in [0.717, 1.165) is 66.7 Å².